The molecule has 1 unspecified atom stereocenters. The Balaban J connectivity index is 1.19. The summed E-state index contributed by atoms with van der Waals surface area (Å²) in [5, 5.41) is 10.8. The van der Waals surface area contributed by atoms with Crippen LogP contribution in [0, 0.1) is 10.1 Å². The first-order chi connectivity index (χ1) is 15.5. The molecule has 2 aromatic carbocycles. The molecule has 1 amide bonds. The van der Waals surface area contributed by atoms with Gasteiger partial charge in [-0.2, -0.15) is 0 Å². The molecule has 2 aromatic rings. The number of non-ortho nitro benzene ring substituents is 1. The van der Waals surface area contributed by atoms with Crippen LogP contribution < -0.4 is 14.4 Å². The molecule has 2 aliphatic rings. The average molecular weight is 441 g/mol. The van der Waals surface area contributed by atoms with Gasteiger partial charge >= 0.3 is 6.09 Å². The fourth-order valence-electron chi connectivity index (χ4n) is 4.06. The fourth-order valence-corrected chi connectivity index (χ4v) is 4.06. The van der Waals surface area contributed by atoms with Crippen molar-refractivity contribution in [2.75, 3.05) is 38.2 Å². The second kappa shape index (κ2) is 9.86. The number of benzene rings is 2. The number of anilines is 1. The van der Waals surface area contributed by atoms with Gasteiger partial charge in [0.05, 0.1) is 18.6 Å². The van der Waals surface area contributed by atoms with Crippen LogP contribution in [0.3, 0.4) is 0 Å². The molecule has 2 fully saturated rings. The predicted octanol–water partition coefficient (Wildman–Crippen LogP) is 3.86. The summed E-state index contributed by atoms with van der Waals surface area (Å²) in [7, 11) is 1.61. The van der Waals surface area contributed by atoms with Crippen molar-refractivity contribution >= 4 is 17.5 Å². The number of nitro benzene ring substituents is 1. The number of carbonyl (C=O) groups excluding carboxylic acids is 1. The molecule has 0 aliphatic carbocycles. The highest BCUT2D eigenvalue weighted by molar-refractivity contribution is 5.89. The molecule has 0 N–H and O–H groups in total. The van der Waals surface area contributed by atoms with Crippen molar-refractivity contribution in [2.45, 2.75) is 31.5 Å². The smallest absolute Gasteiger partial charge is 0.414 e. The van der Waals surface area contributed by atoms with E-state index in [1.807, 2.05) is 24.3 Å². The molecule has 9 heteroatoms. The van der Waals surface area contributed by atoms with E-state index in [4.69, 9.17) is 14.2 Å². The summed E-state index contributed by atoms with van der Waals surface area (Å²) in [6, 6.07) is 13.6. The van der Waals surface area contributed by atoms with Gasteiger partial charge in [0.15, 0.2) is 0 Å². The van der Waals surface area contributed by atoms with Crippen molar-refractivity contribution in [3.05, 3.63) is 58.6 Å². The molecule has 1 atom stereocenters. The van der Waals surface area contributed by atoms with Crippen molar-refractivity contribution in [3.63, 3.8) is 0 Å². The lowest BCUT2D eigenvalue weighted by molar-refractivity contribution is -0.384. The number of nitro groups is 1. The molecule has 0 bridgehead atoms. The Morgan fingerprint density at radius 1 is 1.06 bits per heavy atom. The maximum absolute atomic E-state index is 12.3. The standard InChI is InChI=1S/C23H27N3O6/c1-30-19-6-2-17(3-7-19)25-16-22(32-23(25)27)12-15-24-13-10-21(11-14-24)31-20-8-4-18(5-9-20)26(28)29/h2-9,21-22H,10-16H2,1H3. The second-order valence-corrected chi connectivity index (χ2v) is 8.01. The van der Waals surface area contributed by atoms with E-state index in [-0.39, 0.29) is 24.0 Å². The Kier molecular flexibility index (Phi) is 6.75. The monoisotopic (exact) mass is 441 g/mol. The normalized spacial score (nSPS) is 19.6. The molecular formula is C23H27N3O6. The summed E-state index contributed by atoms with van der Waals surface area (Å²) < 4.78 is 16.7. The maximum atomic E-state index is 12.3. The Morgan fingerprint density at radius 3 is 2.34 bits per heavy atom. The number of hydrogen-bond acceptors (Lipinski definition) is 7. The zero-order chi connectivity index (χ0) is 22.5. The Morgan fingerprint density at radius 2 is 1.72 bits per heavy atom. The topological polar surface area (TPSA) is 94.4 Å². The largest absolute Gasteiger partial charge is 0.497 e. The van der Waals surface area contributed by atoms with Gasteiger partial charge in [0.25, 0.3) is 5.69 Å². The number of nitrogens with zero attached hydrogens (tertiary/aromatic N) is 3. The minimum atomic E-state index is -0.417. The van der Waals surface area contributed by atoms with Gasteiger partial charge in [0.1, 0.15) is 23.7 Å². The quantitative estimate of drug-likeness (QED) is 0.453. The molecule has 4 rings (SSSR count). The number of rotatable bonds is 8. The number of methoxy groups -OCH3 is 1. The van der Waals surface area contributed by atoms with E-state index < -0.39 is 4.92 Å². The summed E-state index contributed by atoms with van der Waals surface area (Å²) >= 11 is 0. The van der Waals surface area contributed by atoms with Gasteiger partial charge in [0.2, 0.25) is 0 Å². The molecule has 0 saturated carbocycles. The molecule has 170 valence electrons. The molecule has 9 nitrogen and oxygen atoms in total. The van der Waals surface area contributed by atoms with Crippen molar-refractivity contribution in [3.8, 4) is 11.5 Å². The first kappa shape index (κ1) is 21.9. The zero-order valence-electron chi connectivity index (χ0n) is 18.0. The van der Waals surface area contributed by atoms with Gasteiger partial charge in [-0.1, -0.05) is 0 Å². The van der Waals surface area contributed by atoms with E-state index in [1.54, 1.807) is 24.1 Å². The van der Waals surface area contributed by atoms with Gasteiger partial charge in [-0.25, -0.2) is 4.79 Å². The maximum Gasteiger partial charge on any atom is 0.414 e. The van der Waals surface area contributed by atoms with Crippen molar-refractivity contribution in [1.29, 1.82) is 0 Å². The third kappa shape index (κ3) is 5.28. The first-order valence-corrected chi connectivity index (χ1v) is 10.8. The molecule has 0 spiro atoms. The number of ether oxygens (including phenoxy) is 3. The van der Waals surface area contributed by atoms with E-state index in [1.165, 1.54) is 12.1 Å². The second-order valence-electron chi connectivity index (χ2n) is 8.01. The highest BCUT2D eigenvalue weighted by atomic mass is 16.6. The van der Waals surface area contributed by atoms with E-state index in [0.29, 0.717) is 12.3 Å². The number of likely N-dealkylation sites (tertiary alicyclic amines) is 1. The lowest BCUT2D eigenvalue weighted by atomic mass is 10.1. The van der Waals surface area contributed by atoms with E-state index >= 15 is 0 Å². The molecule has 0 aromatic heterocycles. The predicted molar refractivity (Wildman–Crippen MR) is 118 cm³/mol. The van der Waals surface area contributed by atoms with Crippen molar-refractivity contribution in [1.82, 2.24) is 4.90 Å². The van der Waals surface area contributed by atoms with Crippen LogP contribution in [0.2, 0.25) is 0 Å². The summed E-state index contributed by atoms with van der Waals surface area (Å²) in [5.74, 6) is 1.41. The number of cyclic esters (lactones) is 1. The van der Waals surface area contributed by atoms with Crippen molar-refractivity contribution in [2.24, 2.45) is 0 Å². The van der Waals surface area contributed by atoms with Gasteiger partial charge in [-0.15, -0.1) is 0 Å². The van der Waals surface area contributed by atoms with Gasteiger partial charge < -0.3 is 19.1 Å². The molecular weight excluding hydrogens is 414 g/mol. The minimum Gasteiger partial charge on any atom is -0.497 e. The molecule has 2 heterocycles. The number of carbonyl (C=O) groups is 1. The Bertz CT molecular complexity index is 926. The molecule has 2 aliphatic heterocycles. The van der Waals surface area contributed by atoms with Crippen LogP contribution in [0.5, 0.6) is 11.5 Å². The van der Waals surface area contributed by atoms with Crippen LogP contribution in [0.25, 0.3) is 0 Å². The zero-order valence-corrected chi connectivity index (χ0v) is 18.0. The van der Waals surface area contributed by atoms with Gasteiger partial charge in [-0.05, 0) is 55.7 Å². The van der Waals surface area contributed by atoms with Crippen molar-refractivity contribution < 1.29 is 23.9 Å². The fraction of sp³-hybridized carbons (Fsp3) is 0.435. The van der Waals surface area contributed by atoms with Crippen LogP contribution in [-0.2, 0) is 4.74 Å². The highest BCUT2D eigenvalue weighted by Gasteiger charge is 2.32. The summed E-state index contributed by atoms with van der Waals surface area (Å²) in [6.07, 6.45) is 2.22. The van der Waals surface area contributed by atoms with E-state index in [9.17, 15) is 14.9 Å². The third-order valence-electron chi connectivity index (χ3n) is 5.91. The summed E-state index contributed by atoms with van der Waals surface area (Å²) in [6.45, 7) is 3.21. The summed E-state index contributed by atoms with van der Waals surface area (Å²) in [4.78, 5) is 26.6. The first-order valence-electron chi connectivity index (χ1n) is 10.8. The third-order valence-corrected chi connectivity index (χ3v) is 5.91. The molecule has 2 saturated heterocycles. The highest BCUT2D eigenvalue weighted by Crippen LogP contribution is 2.26. The minimum absolute atomic E-state index is 0.0605. The summed E-state index contributed by atoms with van der Waals surface area (Å²) in [5.41, 5.74) is 0.868. The number of piperidine rings is 1. The number of amides is 1. The Labute approximate surface area is 186 Å². The Hall–Kier alpha value is -3.33. The molecule has 32 heavy (non-hydrogen) atoms. The lowest BCUT2D eigenvalue weighted by Gasteiger charge is -2.32. The van der Waals surface area contributed by atoms with Gasteiger partial charge in [0, 0.05) is 37.5 Å². The SMILES string of the molecule is COc1ccc(N2CC(CCN3CCC(Oc4ccc([N+](=O)[O-])cc4)CC3)OC2=O)cc1. The van der Waals surface area contributed by atoms with Crippen LogP contribution in [0.15, 0.2) is 48.5 Å². The van der Waals surface area contributed by atoms with Crippen LogP contribution in [0.1, 0.15) is 19.3 Å². The number of hydrogen-bond donors (Lipinski definition) is 0. The van der Waals surface area contributed by atoms with E-state index in [2.05, 4.69) is 4.90 Å². The average Bonchev–Trinajstić information content (AvgIpc) is 3.19. The van der Waals surface area contributed by atoms with Crippen LogP contribution in [0.4, 0.5) is 16.2 Å². The van der Waals surface area contributed by atoms with Crippen LogP contribution in [-0.4, -0.2) is 61.4 Å². The van der Waals surface area contributed by atoms with E-state index in [0.717, 1.165) is 50.3 Å². The lowest BCUT2D eigenvalue weighted by Crippen LogP contribution is -2.39. The van der Waals surface area contributed by atoms with Gasteiger partial charge in [-0.3, -0.25) is 15.0 Å². The molecule has 0 radical (unpaired) electrons. The van der Waals surface area contributed by atoms with Crippen LogP contribution >= 0.6 is 0 Å².